The van der Waals surface area contributed by atoms with Crippen molar-refractivity contribution in [3.63, 3.8) is 0 Å². The van der Waals surface area contributed by atoms with E-state index in [9.17, 15) is 14.0 Å². The second kappa shape index (κ2) is 10.3. The van der Waals surface area contributed by atoms with Gasteiger partial charge in [-0.15, -0.1) is 11.8 Å². The number of benzene rings is 2. The van der Waals surface area contributed by atoms with Crippen LogP contribution in [-0.2, 0) is 16.6 Å². The molecule has 2 aromatic heterocycles. The first-order valence-corrected chi connectivity index (χ1v) is 14.7. The number of aromatic nitrogens is 4. The van der Waals surface area contributed by atoms with Gasteiger partial charge < -0.3 is 14.5 Å². The molecular weight excluding hydrogens is 543 g/mol. The molecule has 4 aromatic rings. The quantitative estimate of drug-likeness (QED) is 0.328. The topological polar surface area (TPSA) is 85.5 Å². The van der Waals surface area contributed by atoms with Crippen molar-refractivity contribution in [2.75, 3.05) is 37.5 Å². The van der Waals surface area contributed by atoms with Crippen molar-refractivity contribution < 1.29 is 13.9 Å². The van der Waals surface area contributed by atoms with Crippen LogP contribution in [0.3, 0.4) is 0 Å². The average molecular weight is 577 g/mol. The van der Waals surface area contributed by atoms with Crippen LogP contribution in [0.5, 0.6) is 0 Å². The van der Waals surface area contributed by atoms with E-state index in [4.69, 9.17) is 4.74 Å². The fraction of sp³-hybridized carbons (Fsp3) is 0.400. The zero-order valence-electron chi connectivity index (χ0n) is 23.8. The fourth-order valence-corrected chi connectivity index (χ4v) is 7.97. The fourth-order valence-electron chi connectivity index (χ4n) is 6.61. The minimum Gasteiger partial charge on any atom is -0.383 e. The summed E-state index contributed by atoms with van der Waals surface area (Å²) in [4.78, 5) is 35.9. The van der Waals surface area contributed by atoms with Crippen LogP contribution in [0.25, 0.3) is 32.9 Å². The van der Waals surface area contributed by atoms with Crippen LogP contribution in [0, 0.1) is 12.7 Å². The van der Waals surface area contributed by atoms with E-state index < -0.39 is 0 Å². The monoisotopic (exact) mass is 576 g/mol. The summed E-state index contributed by atoms with van der Waals surface area (Å²) in [6, 6.07) is 5.00. The Balaban J connectivity index is 1.61. The lowest BCUT2D eigenvalue weighted by atomic mass is 9.95. The van der Waals surface area contributed by atoms with Gasteiger partial charge in [0.05, 0.1) is 35.3 Å². The Kier molecular flexibility index (Phi) is 6.89. The first kappa shape index (κ1) is 27.5. The van der Waals surface area contributed by atoms with Gasteiger partial charge in [0.25, 0.3) is 0 Å². The highest BCUT2D eigenvalue weighted by Gasteiger charge is 2.35. The Morgan fingerprint density at radius 1 is 1.22 bits per heavy atom. The van der Waals surface area contributed by atoms with E-state index in [2.05, 4.69) is 27.6 Å². The number of nitrogens with zero attached hydrogens (tertiary/aromatic N) is 6. The number of thioether (sulfide) groups is 1. The molecule has 1 amide bonds. The number of hydrogen-bond acceptors (Lipinski definition) is 7. The van der Waals surface area contributed by atoms with Crippen LogP contribution < -0.4 is 10.6 Å². The predicted molar refractivity (Wildman–Crippen MR) is 160 cm³/mol. The van der Waals surface area contributed by atoms with Gasteiger partial charge in [-0.1, -0.05) is 6.58 Å². The highest BCUT2D eigenvalue weighted by Crippen LogP contribution is 2.47. The van der Waals surface area contributed by atoms with Crippen LogP contribution in [0.2, 0.25) is 0 Å². The number of amides is 1. The molecule has 0 N–H and O–H groups in total. The Hall–Kier alpha value is -3.70. The molecule has 1 saturated heterocycles. The molecule has 11 heteroatoms. The number of carbonyl (C=O) groups excluding carboxylic acids is 1. The molecule has 0 spiro atoms. The summed E-state index contributed by atoms with van der Waals surface area (Å²) in [5.41, 5.74) is 4.00. The molecule has 2 aromatic carbocycles. The second-order valence-electron chi connectivity index (χ2n) is 11.0. The van der Waals surface area contributed by atoms with Crippen molar-refractivity contribution in [3.8, 4) is 11.1 Å². The van der Waals surface area contributed by atoms with E-state index in [1.807, 2.05) is 32.7 Å². The van der Waals surface area contributed by atoms with Crippen molar-refractivity contribution in [1.29, 1.82) is 0 Å². The van der Waals surface area contributed by atoms with Gasteiger partial charge in [-0.25, -0.2) is 9.18 Å². The number of aryl methyl sites for hydroxylation is 2. The van der Waals surface area contributed by atoms with E-state index in [0.29, 0.717) is 42.2 Å². The van der Waals surface area contributed by atoms with Crippen molar-refractivity contribution in [2.45, 2.75) is 43.8 Å². The highest BCUT2D eigenvalue weighted by atomic mass is 32.2. The molecule has 6 rings (SSSR count). The van der Waals surface area contributed by atoms with Gasteiger partial charge in [0.2, 0.25) is 5.91 Å². The van der Waals surface area contributed by atoms with Gasteiger partial charge in [0.1, 0.15) is 11.6 Å². The minimum absolute atomic E-state index is 0.0933. The number of halogens is 1. The van der Waals surface area contributed by atoms with Crippen molar-refractivity contribution in [3.05, 3.63) is 58.9 Å². The van der Waals surface area contributed by atoms with Crippen LogP contribution in [0.4, 0.5) is 10.2 Å². The molecule has 41 heavy (non-hydrogen) atoms. The molecule has 9 nitrogen and oxygen atoms in total. The Labute approximate surface area is 241 Å². The molecule has 0 aliphatic carbocycles. The molecular formula is C30H33FN6O3S. The largest absolute Gasteiger partial charge is 0.383 e. The normalized spacial score (nSPS) is 20.7. The van der Waals surface area contributed by atoms with Gasteiger partial charge in [0, 0.05) is 66.5 Å². The first-order valence-electron chi connectivity index (χ1n) is 13.7. The summed E-state index contributed by atoms with van der Waals surface area (Å²) < 4.78 is 23.7. The minimum atomic E-state index is -0.333. The van der Waals surface area contributed by atoms with E-state index in [1.165, 1.54) is 12.1 Å². The number of rotatable bonds is 5. The predicted octanol–water partition coefficient (Wildman–Crippen LogP) is 4.30. The molecule has 214 valence electrons. The number of anilines is 1. The Morgan fingerprint density at radius 2 is 1.95 bits per heavy atom. The molecule has 2 aliphatic heterocycles. The van der Waals surface area contributed by atoms with Crippen molar-refractivity contribution in [2.24, 2.45) is 7.05 Å². The standard InChI is InChI=1S/C30H33FN6O3S/c1-7-24(38)36-17(3)12-35(13-18(36)4)29-21-10-16(2)25(20-8-9-23(31)22-11-32-34(5)26(20)22)28-27(21)37(30(39)33-29)19(14-40-6)15-41-28/h7-11,17-19H,1,12-15H2,2-6H3/t17-,18+,19?. The first-order chi connectivity index (χ1) is 19.7. The van der Waals surface area contributed by atoms with Crippen LogP contribution in [0.1, 0.15) is 25.5 Å². The smallest absolute Gasteiger partial charge is 0.350 e. The lowest BCUT2D eigenvalue weighted by Crippen LogP contribution is -2.58. The van der Waals surface area contributed by atoms with Gasteiger partial charge >= 0.3 is 5.69 Å². The number of methoxy groups -OCH3 is 1. The van der Waals surface area contributed by atoms with E-state index in [0.717, 1.165) is 32.5 Å². The zero-order chi connectivity index (χ0) is 29.2. The molecule has 0 bridgehead atoms. The third-order valence-electron chi connectivity index (χ3n) is 8.25. The summed E-state index contributed by atoms with van der Waals surface area (Å²) >= 11 is 1.69. The number of hydrogen-bond donors (Lipinski definition) is 0. The molecule has 2 aliphatic rings. The van der Waals surface area contributed by atoms with Crippen LogP contribution in [-0.4, -0.2) is 74.8 Å². The van der Waals surface area contributed by atoms with Gasteiger partial charge in [0.15, 0.2) is 0 Å². The zero-order valence-corrected chi connectivity index (χ0v) is 24.7. The number of ether oxygens (including phenoxy) is 1. The number of fused-ring (bicyclic) bond motifs is 1. The van der Waals surface area contributed by atoms with Gasteiger partial charge in [-0.05, 0) is 50.6 Å². The summed E-state index contributed by atoms with van der Waals surface area (Å²) in [7, 11) is 3.45. The summed E-state index contributed by atoms with van der Waals surface area (Å²) in [5.74, 6) is 0.830. The van der Waals surface area contributed by atoms with Crippen molar-refractivity contribution in [1.82, 2.24) is 24.2 Å². The van der Waals surface area contributed by atoms with E-state index >= 15 is 0 Å². The molecule has 4 heterocycles. The average Bonchev–Trinajstić information content (AvgIpc) is 3.33. The maximum Gasteiger partial charge on any atom is 0.350 e. The lowest BCUT2D eigenvalue weighted by molar-refractivity contribution is -0.130. The molecule has 1 unspecified atom stereocenters. The summed E-state index contributed by atoms with van der Waals surface area (Å²) in [6.45, 7) is 11.2. The van der Waals surface area contributed by atoms with E-state index in [1.54, 1.807) is 40.4 Å². The summed E-state index contributed by atoms with van der Waals surface area (Å²) in [5, 5.41) is 5.67. The maximum absolute atomic E-state index is 14.8. The van der Waals surface area contributed by atoms with Gasteiger partial charge in [-0.2, -0.15) is 10.1 Å². The number of carbonyl (C=O) groups is 1. The van der Waals surface area contributed by atoms with Crippen LogP contribution >= 0.6 is 11.8 Å². The third-order valence-corrected chi connectivity index (χ3v) is 9.49. The Morgan fingerprint density at radius 3 is 2.63 bits per heavy atom. The molecule has 1 fully saturated rings. The third kappa shape index (κ3) is 4.25. The lowest BCUT2D eigenvalue weighted by Gasteiger charge is -2.45. The van der Waals surface area contributed by atoms with Gasteiger partial charge in [-0.3, -0.25) is 14.0 Å². The molecule has 3 atom stereocenters. The highest BCUT2D eigenvalue weighted by molar-refractivity contribution is 7.99. The molecule has 0 saturated carbocycles. The SMILES string of the molecule is C=CC(=O)N1[C@H](C)CN(c2nc(=O)n3c4c(c(-c5ccc(F)c6cnn(C)c56)c(C)cc24)SCC3COC)C[C@@H]1C. The van der Waals surface area contributed by atoms with Crippen LogP contribution in [0.15, 0.2) is 46.7 Å². The maximum atomic E-state index is 14.8. The summed E-state index contributed by atoms with van der Waals surface area (Å²) in [6.07, 6.45) is 2.90. The van der Waals surface area contributed by atoms with Crippen molar-refractivity contribution >= 4 is 45.3 Å². The molecule has 0 radical (unpaired) electrons. The Bertz CT molecular complexity index is 1770. The second-order valence-corrected chi connectivity index (χ2v) is 12.0. The number of piperazine rings is 1. The van der Waals surface area contributed by atoms with E-state index in [-0.39, 0.29) is 35.5 Å².